The third-order valence-electron chi connectivity index (χ3n) is 4.39. The lowest BCUT2D eigenvalue weighted by Crippen LogP contribution is -2.57. The van der Waals surface area contributed by atoms with Crippen LogP contribution in [-0.2, 0) is 9.53 Å². The molecule has 5 heteroatoms. The predicted molar refractivity (Wildman–Crippen MR) is 86.5 cm³/mol. The van der Waals surface area contributed by atoms with Crippen LogP contribution >= 0.6 is 11.8 Å². The average Bonchev–Trinajstić information content (AvgIpc) is 3.23. The van der Waals surface area contributed by atoms with Gasteiger partial charge in [0.05, 0.1) is 6.61 Å². The molecule has 0 aromatic rings. The van der Waals surface area contributed by atoms with E-state index < -0.39 is 5.54 Å². The topological polar surface area (TPSA) is 58.6 Å². The molecule has 0 spiro atoms. The van der Waals surface area contributed by atoms with E-state index in [0.717, 1.165) is 32.1 Å². The van der Waals surface area contributed by atoms with Crippen molar-refractivity contribution >= 4 is 17.7 Å². The SMILES string of the molecule is CCOC(=O)C1(NC2CC2)CCCC(SC(C)CCO)C1. The second-order valence-electron chi connectivity index (χ2n) is 6.40. The molecule has 0 bridgehead atoms. The number of hydrogen-bond acceptors (Lipinski definition) is 5. The normalized spacial score (nSPS) is 30.9. The van der Waals surface area contributed by atoms with E-state index in [1.165, 1.54) is 12.8 Å². The molecule has 122 valence electrons. The Morgan fingerprint density at radius 2 is 2.24 bits per heavy atom. The summed E-state index contributed by atoms with van der Waals surface area (Å²) in [6.07, 6.45) is 7.18. The first kappa shape index (κ1) is 17.1. The fourth-order valence-corrected chi connectivity index (χ4v) is 4.76. The molecule has 2 rings (SSSR count). The van der Waals surface area contributed by atoms with Crippen LogP contribution in [0.25, 0.3) is 0 Å². The zero-order chi connectivity index (χ0) is 15.3. The van der Waals surface area contributed by atoms with Crippen LogP contribution in [0, 0.1) is 0 Å². The van der Waals surface area contributed by atoms with Crippen LogP contribution in [0.5, 0.6) is 0 Å². The monoisotopic (exact) mass is 315 g/mol. The molecule has 3 unspecified atom stereocenters. The largest absolute Gasteiger partial charge is 0.465 e. The molecule has 2 saturated carbocycles. The van der Waals surface area contributed by atoms with E-state index in [-0.39, 0.29) is 12.6 Å². The molecule has 0 saturated heterocycles. The molecule has 0 aromatic carbocycles. The summed E-state index contributed by atoms with van der Waals surface area (Å²) in [6.45, 7) is 4.73. The highest BCUT2D eigenvalue weighted by Gasteiger charge is 2.47. The molecule has 3 atom stereocenters. The van der Waals surface area contributed by atoms with Gasteiger partial charge < -0.3 is 9.84 Å². The van der Waals surface area contributed by atoms with Gasteiger partial charge in [-0.05, 0) is 51.9 Å². The Labute approximate surface area is 132 Å². The number of thioether (sulfide) groups is 1. The summed E-state index contributed by atoms with van der Waals surface area (Å²) in [5, 5.41) is 13.6. The van der Waals surface area contributed by atoms with E-state index in [9.17, 15) is 4.79 Å². The van der Waals surface area contributed by atoms with Gasteiger partial charge in [-0.1, -0.05) is 6.92 Å². The summed E-state index contributed by atoms with van der Waals surface area (Å²) in [5.74, 6) is -0.0583. The summed E-state index contributed by atoms with van der Waals surface area (Å²) in [7, 11) is 0. The van der Waals surface area contributed by atoms with Crippen molar-refractivity contribution in [1.82, 2.24) is 5.32 Å². The minimum Gasteiger partial charge on any atom is -0.465 e. The Balaban J connectivity index is 1.99. The Bertz CT molecular complexity index is 348. The van der Waals surface area contributed by atoms with Gasteiger partial charge in [0.15, 0.2) is 0 Å². The first-order valence-electron chi connectivity index (χ1n) is 8.31. The van der Waals surface area contributed by atoms with Gasteiger partial charge in [0.2, 0.25) is 0 Å². The molecule has 2 fully saturated rings. The lowest BCUT2D eigenvalue weighted by molar-refractivity contribution is -0.152. The third kappa shape index (κ3) is 4.86. The molecular formula is C16H29NO3S. The summed E-state index contributed by atoms with van der Waals surface area (Å²) in [4.78, 5) is 12.5. The smallest absolute Gasteiger partial charge is 0.326 e. The number of ether oxygens (including phenoxy) is 1. The molecular weight excluding hydrogens is 286 g/mol. The molecule has 2 N–H and O–H groups in total. The Hall–Kier alpha value is -0.260. The van der Waals surface area contributed by atoms with Crippen LogP contribution in [0.2, 0.25) is 0 Å². The predicted octanol–water partition coefficient (Wildman–Crippen LogP) is 2.49. The van der Waals surface area contributed by atoms with Crippen molar-refractivity contribution in [1.29, 1.82) is 0 Å². The number of esters is 1. The number of aliphatic hydroxyl groups excluding tert-OH is 1. The summed E-state index contributed by atoms with van der Waals surface area (Å²) >= 11 is 1.92. The molecule has 2 aliphatic rings. The second-order valence-corrected chi connectivity index (χ2v) is 8.14. The van der Waals surface area contributed by atoms with Gasteiger partial charge in [-0.15, -0.1) is 0 Å². The van der Waals surface area contributed by atoms with E-state index >= 15 is 0 Å². The number of rotatable bonds is 8. The lowest BCUT2D eigenvalue weighted by Gasteiger charge is -2.40. The Morgan fingerprint density at radius 1 is 1.48 bits per heavy atom. The van der Waals surface area contributed by atoms with Crippen molar-refractivity contribution in [3.8, 4) is 0 Å². The van der Waals surface area contributed by atoms with Gasteiger partial charge in [-0.3, -0.25) is 10.1 Å². The first-order chi connectivity index (χ1) is 10.1. The van der Waals surface area contributed by atoms with Gasteiger partial charge in [0, 0.05) is 23.1 Å². The minimum absolute atomic E-state index is 0.0583. The van der Waals surface area contributed by atoms with Crippen molar-refractivity contribution in [2.75, 3.05) is 13.2 Å². The molecule has 0 radical (unpaired) electrons. The van der Waals surface area contributed by atoms with Gasteiger partial charge in [0.25, 0.3) is 0 Å². The highest BCUT2D eigenvalue weighted by atomic mass is 32.2. The van der Waals surface area contributed by atoms with Crippen LogP contribution in [0.4, 0.5) is 0 Å². The standard InChI is InChI=1S/C16H29NO3S/c1-3-20-15(19)16(17-13-6-7-13)9-4-5-14(11-16)21-12(2)8-10-18/h12-14,17-18H,3-11H2,1-2H3. The zero-order valence-corrected chi connectivity index (χ0v) is 14.1. The van der Waals surface area contributed by atoms with Crippen LogP contribution in [0.1, 0.15) is 58.8 Å². The van der Waals surface area contributed by atoms with E-state index in [1.54, 1.807) is 0 Å². The third-order valence-corrected chi connectivity index (χ3v) is 5.88. The molecule has 0 aliphatic heterocycles. The number of carbonyl (C=O) groups excluding carboxylic acids is 1. The zero-order valence-electron chi connectivity index (χ0n) is 13.3. The summed E-state index contributed by atoms with van der Waals surface area (Å²) < 4.78 is 5.36. The van der Waals surface area contributed by atoms with Crippen molar-refractivity contribution in [3.05, 3.63) is 0 Å². The van der Waals surface area contributed by atoms with Gasteiger partial charge >= 0.3 is 5.97 Å². The van der Waals surface area contributed by atoms with Crippen molar-refractivity contribution in [2.24, 2.45) is 0 Å². The molecule has 21 heavy (non-hydrogen) atoms. The molecule has 0 heterocycles. The van der Waals surface area contributed by atoms with Crippen molar-refractivity contribution in [2.45, 2.75) is 80.9 Å². The van der Waals surface area contributed by atoms with Crippen LogP contribution in [0.15, 0.2) is 0 Å². The second kappa shape index (κ2) is 7.84. The number of hydrogen-bond donors (Lipinski definition) is 2. The Kier molecular flexibility index (Phi) is 6.38. The highest BCUT2D eigenvalue weighted by Crippen LogP contribution is 2.40. The Morgan fingerprint density at radius 3 is 2.86 bits per heavy atom. The van der Waals surface area contributed by atoms with Crippen LogP contribution < -0.4 is 5.32 Å². The summed E-state index contributed by atoms with van der Waals surface area (Å²) in [5.41, 5.74) is -0.466. The average molecular weight is 315 g/mol. The van der Waals surface area contributed by atoms with E-state index in [2.05, 4.69) is 12.2 Å². The molecule has 4 nitrogen and oxygen atoms in total. The number of nitrogens with one attached hydrogen (secondary N) is 1. The van der Waals surface area contributed by atoms with Crippen LogP contribution in [0.3, 0.4) is 0 Å². The van der Waals surface area contributed by atoms with Gasteiger partial charge in [-0.25, -0.2) is 0 Å². The van der Waals surface area contributed by atoms with E-state index in [1.807, 2.05) is 18.7 Å². The fraction of sp³-hybridized carbons (Fsp3) is 0.938. The maximum Gasteiger partial charge on any atom is 0.326 e. The molecule has 2 aliphatic carbocycles. The minimum atomic E-state index is -0.466. The van der Waals surface area contributed by atoms with Crippen molar-refractivity contribution in [3.63, 3.8) is 0 Å². The van der Waals surface area contributed by atoms with Gasteiger partial charge in [0.1, 0.15) is 5.54 Å². The maximum absolute atomic E-state index is 12.5. The number of carbonyl (C=O) groups is 1. The molecule has 0 amide bonds. The van der Waals surface area contributed by atoms with E-state index in [0.29, 0.717) is 23.1 Å². The highest BCUT2D eigenvalue weighted by molar-refractivity contribution is 8.00. The van der Waals surface area contributed by atoms with E-state index in [4.69, 9.17) is 9.84 Å². The first-order valence-corrected chi connectivity index (χ1v) is 9.25. The van der Waals surface area contributed by atoms with Crippen molar-refractivity contribution < 1.29 is 14.6 Å². The number of aliphatic hydroxyl groups is 1. The molecule has 0 aromatic heterocycles. The van der Waals surface area contributed by atoms with Crippen LogP contribution in [-0.4, -0.2) is 46.4 Å². The fourth-order valence-electron chi connectivity index (χ4n) is 3.18. The maximum atomic E-state index is 12.5. The lowest BCUT2D eigenvalue weighted by atomic mass is 9.81. The van der Waals surface area contributed by atoms with Gasteiger partial charge in [-0.2, -0.15) is 11.8 Å². The summed E-state index contributed by atoms with van der Waals surface area (Å²) in [6, 6.07) is 0.507. The quantitative estimate of drug-likeness (QED) is 0.674.